The van der Waals surface area contributed by atoms with Crippen molar-refractivity contribution in [3.63, 3.8) is 0 Å². The van der Waals surface area contributed by atoms with Crippen LogP contribution in [0, 0.1) is 30.6 Å². The molecule has 25 heavy (non-hydrogen) atoms. The molecule has 2 saturated heterocycles. The minimum Gasteiger partial charge on any atom is -0.478 e. The number of carbonyl (C=O) groups excluding carboxylic acids is 4. The summed E-state index contributed by atoms with van der Waals surface area (Å²) in [5, 5.41) is 9.17. The van der Waals surface area contributed by atoms with E-state index in [1.54, 1.807) is 13.0 Å². The summed E-state index contributed by atoms with van der Waals surface area (Å²) in [5.41, 5.74) is 0.705. The average Bonchev–Trinajstić information content (AvgIpc) is 2.81. The fourth-order valence-electron chi connectivity index (χ4n) is 4.21. The summed E-state index contributed by atoms with van der Waals surface area (Å²) in [6.45, 7) is 1.66. The molecule has 0 aromatic heterocycles. The lowest BCUT2D eigenvalue weighted by atomic mass is 9.59. The molecule has 4 unspecified atom stereocenters. The zero-order valence-corrected chi connectivity index (χ0v) is 13.4. The van der Waals surface area contributed by atoms with Crippen LogP contribution in [0.3, 0.4) is 0 Å². The highest BCUT2D eigenvalue weighted by Crippen LogP contribution is 2.56. The smallest absolute Gasteiger partial charge is 0.335 e. The zero-order valence-electron chi connectivity index (χ0n) is 13.4. The summed E-state index contributed by atoms with van der Waals surface area (Å²) >= 11 is 0. The van der Waals surface area contributed by atoms with Crippen molar-refractivity contribution >= 4 is 35.3 Å². The van der Waals surface area contributed by atoms with Gasteiger partial charge in [0.1, 0.15) is 0 Å². The molecule has 1 aliphatic carbocycles. The first kappa shape index (κ1) is 15.5. The lowest BCUT2D eigenvalue weighted by molar-refractivity contribution is -0.146. The average molecular weight is 342 g/mol. The van der Waals surface area contributed by atoms with Crippen molar-refractivity contribution in [1.29, 1.82) is 0 Å². The predicted octanol–water partition coefficient (Wildman–Crippen LogP) is 0.0434. The number of benzene rings is 1. The maximum absolute atomic E-state index is 12.7. The minimum absolute atomic E-state index is 0.0399. The second-order valence-corrected chi connectivity index (χ2v) is 6.71. The van der Waals surface area contributed by atoms with Crippen molar-refractivity contribution in [2.75, 3.05) is 11.9 Å². The first-order valence-electron chi connectivity index (χ1n) is 7.78. The molecular weight excluding hydrogens is 328 g/mol. The van der Waals surface area contributed by atoms with Crippen molar-refractivity contribution in [3.05, 3.63) is 29.3 Å². The fourth-order valence-corrected chi connectivity index (χ4v) is 4.21. The van der Waals surface area contributed by atoms with Gasteiger partial charge in [-0.3, -0.25) is 24.1 Å². The molecule has 0 bridgehead atoms. The molecule has 3 fully saturated rings. The topological polar surface area (TPSA) is 112 Å². The van der Waals surface area contributed by atoms with E-state index in [0.29, 0.717) is 5.56 Å². The first-order valence-corrected chi connectivity index (χ1v) is 7.78. The maximum atomic E-state index is 12.7. The quantitative estimate of drug-likeness (QED) is 0.760. The molecule has 4 atom stereocenters. The van der Waals surface area contributed by atoms with Crippen LogP contribution < -0.4 is 4.90 Å². The van der Waals surface area contributed by atoms with Gasteiger partial charge in [-0.05, 0) is 30.7 Å². The van der Waals surface area contributed by atoms with Crippen LogP contribution in [0.25, 0.3) is 0 Å². The number of aryl methyl sites for hydroxylation is 1. The Morgan fingerprint density at radius 1 is 0.880 bits per heavy atom. The summed E-state index contributed by atoms with van der Waals surface area (Å²) in [5.74, 6) is -6.38. The highest BCUT2D eigenvalue weighted by molar-refractivity contribution is 6.27. The highest BCUT2D eigenvalue weighted by Gasteiger charge is 2.73. The Labute approximate surface area is 142 Å². The van der Waals surface area contributed by atoms with E-state index in [1.165, 1.54) is 19.2 Å². The van der Waals surface area contributed by atoms with Gasteiger partial charge in [0, 0.05) is 7.05 Å². The summed E-state index contributed by atoms with van der Waals surface area (Å²) in [6.07, 6.45) is 0. The van der Waals surface area contributed by atoms with E-state index in [0.717, 1.165) is 9.80 Å². The van der Waals surface area contributed by atoms with Gasteiger partial charge in [0.05, 0.1) is 34.9 Å². The van der Waals surface area contributed by atoms with Crippen molar-refractivity contribution in [2.24, 2.45) is 23.7 Å². The Hall–Kier alpha value is -3.03. The number of hydrogen-bond acceptors (Lipinski definition) is 5. The molecule has 8 heteroatoms. The van der Waals surface area contributed by atoms with Gasteiger partial charge in [0.15, 0.2) is 0 Å². The lowest BCUT2D eigenvalue weighted by Crippen LogP contribution is -2.50. The number of carboxylic acid groups (broad SMARTS) is 1. The number of rotatable bonds is 2. The number of anilines is 1. The predicted molar refractivity (Wildman–Crippen MR) is 82.4 cm³/mol. The summed E-state index contributed by atoms with van der Waals surface area (Å²) in [6, 6.07) is 4.22. The minimum atomic E-state index is -1.17. The second kappa shape index (κ2) is 4.75. The molecule has 8 nitrogen and oxygen atoms in total. The molecule has 1 N–H and O–H groups in total. The van der Waals surface area contributed by atoms with E-state index >= 15 is 0 Å². The van der Waals surface area contributed by atoms with Gasteiger partial charge in [-0.1, -0.05) is 0 Å². The van der Waals surface area contributed by atoms with Gasteiger partial charge in [0.25, 0.3) is 0 Å². The SMILES string of the molecule is Cc1cc(C(=O)O)cc(N2C(=O)C3C4C(=O)N(C)C(=O)C4C3C2=O)c1. The van der Waals surface area contributed by atoms with E-state index in [-0.39, 0.29) is 11.3 Å². The molecule has 128 valence electrons. The van der Waals surface area contributed by atoms with Crippen LogP contribution >= 0.6 is 0 Å². The van der Waals surface area contributed by atoms with Crippen LogP contribution in [-0.2, 0) is 19.2 Å². The number of hydrogen-bond donors (Lipinski definition) is 1. The summed E-state index contributed by atoms with van der Waals surface area (Å²) < 4.78 is 0. The third-order valence-corrected chi connectivity index (χ3v) is 5.36. The molecule has 0 radical (unpaired) electrons. The normalized spacial score (nSPS) is 30.5. The second-order valence-electron chi connectivity index (χ2n) is 6.71. The number of likely N-dealkylation sites (tertiary alicyclic amines) is 1. The van der Waals surface area contributed by atoms with Crippen LogP contribution in [0.5, 0.6) is 0 Å². The largest absolute Gasteiger partial charge is 0.478 e. The van der Waals surface area contributed by atoms with Crippen LogP contribution in [0.15, 0.2) is 18.2 Å². The zero-order chi connectivity index (χ0) is 18.2. The number of nitrogens with zero attached hydrogens (tertiary/aromatic N) is 2. The Morgan fingerprint density at radius 3 is 1.84 bits per heavy atom. The van der Waals surface area contributed by atoms with Crippen molar-refractivity contribution < 1.29 is 29.1 Å². The van der Waals surface area contributed by atoms with E-state index in [9.17, 15) is 29.1 Å². The van der Waals surface area contributed by atoms with Crippen molar-refractivity contribution in [3.8, 4) is 0 Å². The van der Waals surface area contributed by atoms with Crippen molar-refractivity contribution in [1.82, 2.24) is 4.90 Å². The number of amides is 4. The van der Waals surface area contributed by atoms with Gasteiger partial charge < -0.3 is 5.11 Å². The van der Waals surface area contributed by atoms with Crippen LogP contribution in [-0.4, -0.2) is 46.7 Å². The van der Waals surface area contributed by atoms with E-state index < -0.39 is 53.3 Å². The van der Waals surface area contributed by atoms with Gasteiger partial charge in [0.2, 0.25) is 23.6 Å². The molecular formula is C17H14N2O6. The third kappa shape index (κ3) is 1.79. The molecule has 2 heterocycles. The number of carboxylic acids is 1. The molecule has 0 spiro atoms. The first-order chi connectivity index (χ1) is 11.7. The number of carbonyl (C=O) groups is 5. The van der Waals surface area contributed by atoms with E-state index in [2.05, 4.69) is 0 Å². The molecule has 3 aliphatic rings. The highest BCUT2D eigenvalue weighted by atomic mass is 16.4. The number of aromatic carboxylic acids is 1. The monoisotopic (exact) mass is 342 g/mol. The lowest BCUT2D eigenvalue weighted by Gasteiger charge is -2.36. The summed E-state index contributed by atoms with van der Waals surface area (Å²) in [4.78, 5) is 62.9. The van der Waals surface area contributed by atoms with E-state index in [4.69, 9.17) is 0 Å². The maximum Gasteiger partial charge on any atom is 0.335 e. The Morgan fingerprint density at radius 2 is 1.36 bits per heavy atom. The van der Waals surface area contributed by atoms with Gasteiger partial charge in [-0.25, -0.2) is 9.69 Å². The Balaban J connectivity index is 1.75. The Kier molecular flexibility index (Phi) is 2.94. The number of fused-ring (bicyclic) bond motifs is 4. The molecule has 4 amide bonds. The summed E-state index contributed by atoms with van der Waals surface area (Å²) in [7, 11) is 1.35. The van der Waals surface area contributed by atoms with Crippen molar-refractivity contribution in [2.45, 2.75) is 6.92 Å². The van der Waals surface area contributed by atoms with Gasteiger partial charge >= 0.3 is 5.97 Å². The third-order valence-electron chi connectivity index (χ3n) is 5.36. The van der Waals surface area contributed by atoms with Gasteiger partial charge in [-0.2, -0.15) is 0 Å². The molecule has 1 aromatic carbocycles. The standard InChI is InChI=1S/C17H14N2O6/c1-6-3-7(17(24)25)5-8(4-6)19-15(22)11-9-10(12(11)16(19)23)14(21)18(2)13(9)20/h3-5,9-12H,1-2H3,(H,24,25). The van der Waals surface area contributed by atoms with Gasteiger partial charge in [-0.15, -0.1) is 0 Å². The molecule has 4 rings (SSSR count). The van der Waals surface area contributed by atoms with E-state index in [1.807, 2.05) is 0 Å². The Bertz CT molecular complexity index is 851. The van der Waals surface area contributed by atoms with Crippen LogP contribution in [0.4, 0.5) is 5.69 Å². The molecule has 2 aliphatic heterocycles. The molecule has 1 saturated carbocycles. The van der Waals surface area contributed by atoms with Crippen LogP contribution in [0.1, 0.15) is 15.9 Å². The van der Waals surface area contributed by atoms with Crippen LogP contribution in [0.2, 0.25) is 0 Å². The number of imide groups is 2. The molecule has 1 aromatic rings. The fraction of sp³-hybridized carbons (Fsp3) is 0.353.